The number of nitrogens with zero attached hydrogens (tertiary/aromatic N) is 1. The standard InChI is InChI=1S/C12H18N2O3/c1-2-3-8-4-6-9(7-5-8)14-11(16)10(15)13-12(14)17/h8-9H,2-7H2,1H3,(H,13,15,17). The van der Waals surface area contributed by atoms with Crippen LogP contribution in [0.3, 0.4) is 0 Å². The number of hydrogen-bond acceptors (Lipinski definition) is 3. The Balaban J connectivity index is 1.95. The highest BCUT2D eigenvalue weighted by Gasteiger charge is 2.42. The Bertz CT molecular complexity index is 346. The van der Waals surface area contributed by atoms with Gasteiger partial charge in [-0.3, -0.25) is 19.8 Å². The van der Waals surface area contributed by atoms with Crippen LogP contribution in [0.15, 0.2) is 0 Å². The minimum Gasteiger partial charge on any atom is -0.269 e. The van der Waals surface area contributed by atoms with Crippen molar-refractivity contribution in [3.05, 3.63) is 0 Å². The van der Waals surface area contributed by atoms with E-state index in [4.69, 9.17) is 0 Å². The lowest BCUT2D eigenvalue weighted by Crippen LogP contribution is -2.42. The van der Waals surface area contributed by atoms with E-state index in [2.05, 4.69) is 6.92 Å². The number of carbonyl (C=O) groups excluding carboxylic acids is 3. The average Bonchev–Trinajstić information content (AvgIpc) is 2.55. The first kappa shape index (κ1) is 12.1. The molecule has 0 aromatic rings. The molecular weight excluding hydrogens is 220 g/mol. The molecule has 1 saturated carbocycles. The van der Waals surface area contributed by atoms with Crippen LogP contribution in [-0.2, 0) is 9.59 Å². The average molecular weight is 238 g/mol. The van der Waals surface area contributed by atoms with Gasteiger partial charge in [0.2, 0.25) is 0 Å². The number of amides is 4. The molecule has 1 heterocycles. The number of rotatable bonds is 3. The van der Waals surface area contributed by atoms with Gasteiger partial charge in [0.25, 0.3) is 0 Å². The summed E-state index contributed by atoms with van der Waals surface area (Å²) >= 11 is 0. The van der Waals surface area contributed by atoms with Gasteiger partial charge >= 0.3 is 17.8 Å². The van der Waals surface area contributed by atoms with Crippen molar-refractivity contribution >= 4 is 17.8 Å². The highest BCUT2D eigenvalue weighted by molar-refractivity contribution is 6.44. The first-order valence-corrected chi connectivity index (χ1v) is 6.32. The summed E-state index contributed by atoms with van der Waals surface area (Å²) in [6.07, 6.45) is 6.14. The van der Waals surface area contributed by atoms with Gasteiger partial charge in [0.1, 0.15) is 0 Å². The molecule has 0 aromatic heterocycles. The van der Waals surface area contributed by atoms with E-state index in [0.29, 0.717) is 5.92 Å². The third kappa shape index (κ3) is 2.33. The van der Waals surface area contributed by atoms with Crippen LogP contribution in [0, 0.1) is 5.92 Å². The Kier molecular flexibility index (Phi) is 3.45. The molecule has 5 heteroatoms. The summed E-state index contributed by atoms with van der Waals surface area (Å²) in [5.74, 6) is -0.757. The SMILES string of the molecule is CCCC1CCC(N2C(=O)NC(=O)C2=O)CC1. The first-order valence-electron chi connectivity index (χ1n) is 6.32. The zero-order chi connectivity index (χ0) is 12.4. The van der Waals surface area contributed by atoms with Crippen LogP contribution in [0.4, 0.5) is 4.79 Å². The minimum atomic E-state index is -0.786. The fourth-order valence-corrected chi connectivity index (χ4v) is 2.84. The summed E-state index contributed by atoms with van der Waals surface area (Å²) in [4.78, 5) is 35.2. The summed E-state index contributed by atoms with van der Waals surface area (Å²) < 4.78 is 0. The molecule has 1 aliphatic carbocycles. The first-order chi connectivity index (χ1) is 8.13. The van der Waals surface area contributed by atoms with Crippen LogP contribution >= 0.6 is 0 Å². The van der Waals surface area contributed by atoms with E-state index < -0.39 is 17.8 Å². The largest absolute Gasteiger partial charge is 0.331 e. The van der Waals surface area contributed by atoms with E-state index in [1.165, 1.54) is 12.8 Å². The molecule has 94 valence electrons. The molecule has 2 fully saturated rings. The Morgan fingerprint density at radius 3 is 2.29 bits per heavy atom. The normalized spacial score (nSPS) is 29.7. The third-order valence-corrected chi connectivity index (χ3v) is 3.73. The Morgan fingerprint density at radius 2 is 1.82 bits per heavy atom. The number of urea groups is 1. The van der Waals surface area contributed by atoms with Crippen molar-refractivity contribution in [2.24, 2.45) is 5.92 Å². The smallest absolute Gasteiger partial charge is 0.269 e. The summed E-state index contributed by atoms with van der Waals surface area (Å²) in [6, 6.07) is -0.624. The van der Waals surface area contributed by atoms with Crippen LogP contribution < -0.4 is 5.32 Å². The maximum atomic E-state index is 11.5. The second-order valence-corrected chi connectivity index (χ2v) is 4.90. The van der Waals surface area contributed by atoms with E-state index in [1.807, 2.05) is 5.32 Å². The fourth-order valence-electron chi connectivity index (χ4n) is 2.84. The fraction of sp³-hybridized carbons (Fsp3) is 0.750. The number of imide groups is 2. The third-order valence-electron chi connectivity index (χ3n) is 3.73. The maximum Gasteiger partial charge on any atom is 0.331 e. The quantitative estimate of drug-likeness (QED) is 0.597. The lowest BCUT2D eigenvalue weighted by atomic mass is 9.83. The number of nitrogens with one attached hydrogen (secondary N) is 1. The summed E-state index contributed by atoms with van der Waals surface area (Å²) in [5, 5.41) is 2.05. The molecule has 2 aliphatic rings. The highest BCUT2D eigenvalue weighted by atomic mass is 16.2. The molecule has 1 N–H and O–H groups in total. The van der Waals surface area contributed by atoms with Gasteiger partial charge in [-0.05, 0) is 31.6 Å². The molecule has 5 nitrogen and oxygen atoms in total. The Labute approximate surface area is 101 Å². The van der Waals surface area contributed by atoms with E-state index in [0.717, 1.165) is 30.6 Å². The summed E-state index contributed by atoms with van der Waals surface area (Å²) in [7, 11) is 0. The van der Waals surface area contributed by atoms with Crippen molar-refractivity contribution in [2.45, 2.75) is 51.5 Å². The molecule has 0 bridgehead atoms. The summed E-state index contributed by atoms with van der Waals surface area (Å²) in [6.45, 7) is 2.17. The zero-order valence-electron chi connectivity index (χ0n) is 10.1. The van der Waals surface area contributed by atoms with Gasteiger partial charge in [0.05, 0.1) is 0 Å². The van der Waals surface area contributed by atoms with Crippen molar-refractivity contribution in [1.82, 2.24) is 10.2 Å². The van der Waals surface area contributed by atoms with Crippen LogP contribution in [0.5, 0.6) is 0 Å². The molecule has 1 saturated heterocycles. The van der Waals surface area contributed by atoms with Crippen LogP contribution in [0.1, 0.15) is 45.4 Å². The molecule has 0 radical (unpaired) electrons. The van der Waals surface area contributed by atoms with Crippen molar-refractivity contribution in [1.29, 1.82) is 0 Å². The van der Waals surface area contributed by atoms with Gasteiger partial charge in [0.15, 0.2) is 0 Å². The van der Waals surface area contributed by atoms with Crippen LogP contribution in [0.25, 0.3) is 0 Å². The van der Waals surface area contributed by atoms with Crippen molar-refractivity contribution in [2.75, 3.05) is 0 Å². The maximum absolute atomic E-state index is 11.5. The lowest BCUT2D eigenvalue weighted by Gasteiger charge is -2.32. The Hall–Kier alpha value is -1.39. The predicted molar refractivity (Wildman–Crippen MR) is 61.0 cm³/mol. The second kappa shape index (κ2) is 4.85. The molecule has 4 amide bonds. The summed E-state index contributed by atoms with van der Waals surface area (Å²) in [5.41, 5.74) is 0. The van der Waals surface area contributed by atoms with Gasteiger partial charge in [-0.2, -0.15) is 0 Å². The van der Waals surface area contributed by atoms with E-state index in [9.17, 15) is 14.4 Å². The van der Waals surface area contributed by atoms with Crippen molar-refractivity contribution in [3.8, 4) is 0 Å². The van der Waals surface area contributed by atoms with Gasteiger partial charge < -0.3 is 0 Å². The molecule has 17 heavy (non-hydrogen) atoms. The number of carbonyl (C=O) groups is 3. The molecule has 0 atom stereocenters. The second-order valence-electron chi connectivity index (χ2n) is 4.90. The van der Waals surface area contributed by atoms with Crippen molar-refractivity contribution < 1.29 is 14.4 Å². The van der Waals surface area contributed by atoms with Gasteiger partial charge in [-0.25, -0.2) is 4.79 Å². The van der Waals surface area contributed by atoms with E-state index >= 15 is 0 Å². The van der Waals surface area contributed by atoms with Crippen LogP contribution in [0.2, 0.25) is 0 Å². The number of hydrogen-bond donors (Lipinski definition) is 1. The molecule has 1 aliphatic heterocycles. The monoisotopic (exact) mass is 238 g/mol. The molecular formula is C12H18N2O3. The van der Waals surface area contributed by atoms with Crippen molar-refractivity contribution in [3.63, 3.8) is 0 Å². The molecule has 0 unspecified atom stereocenters. The van der Waals surface area contributed by atoms with Gasteiger partial charge in [0, 0.05) is 6.04 Å². The zero-order valence-corrected chi connectivity index (χ0v) is 10.1. The Morgan fingerprint density at radius 1 is 1.18 bits per heavy atom. The van der Waals surface area contributed by atoms with E-state index in [-0.39, 0.29) is 6.04 Å². The highest BCUT2D eigenvalue weighted by Crippen LogP contribution is 2.31. The minimum absolute atomic E-state index is 0.0814. The molecule has 0 spiro atoms. The predicted octanol–water partition coefficient (Wildman–Crippen LogP) is 1.42. The topological polar surface area (TPSA) is 66.5 Å². The van der Waals surface area contributed by atoms with E-state index in [1.54, 1.807) is 0 Å². The lowest BCUT2D eigenvalue weighted by molar-refractivity contribution is -0.141. The van der Waals surface area contributed by atoms with Crippen LogP contribution in [-0.4, -0.2) is 28.8 Å². The molecule has 2 rings (SSSR count). The van der Waals surface area contributed by atoms with Gasteiger partial charge in [-0.1, -0.05) is 19.8 Å². The van der Waals surface area contributed by atoms with Gasteiger partial charge in [-0.15, -0.1) is 0 Å². The molecule has 0 aromatic carbocycles.